The zero-order valence-corrected chi connectivity index (χ0v) is 13.3. The molecule has 1 aromatic rings. The van der Waals surface area contributed by atoms with Crippen molar-refractivity contribution >= 4 is 15.9 Å². The number of nitrogens with zero attached hydrogens (tertiary/aromatic N) is 1. The molecule has 2 unspecified atom stereocenters. The summed E-state index contributed by atoms with van der Waals surface area (Å²) in [5.74, 6) is 0.639. The van der Waals surface area contributed by atoms with Crippen LogP contribution in [-0.2, 0) is 0 Å². The lowest BCUT2D eigenvalue weighted by Crippen LogP contribution is -2.34. The lowest BCUT2D eigenvalue weighted by atomic mass is 10.0. The van der Waals surface area contributed by atoms with Crippen molar-refractivity contribution in [2.24, 2.45) is 5.92 Å². The van der Waals surface area contributed by atoms with E-state index in [1.807, 2.05) is 24.3 Å². The van der Waals surface area contributed by atoms with E-state index in [1.165, 1.54) is 0 Å². The molecule has 0 aromatic heterocycles. The largest absolute Gasteiger partial charge is 0.388 e. The van der Waals surface area contributed by atoms with E-state index in [0.717, 1.165) is 23.0 Å². The minimum absolute atomic E-state index is 0.375. The molecule has 0 fully saturated rings. The maximum atomic E-state index is 10.1. The molecule has 0 aliphatic heterocycles. The highest BCUT2D eigenvalue weighted by Crippen LogP contribution is 2.20. The van der Waals surface area contributed by atoms with E-state index in [4.69, 9.17) is 0 Å². The predicted octanol–water partition coefficient (Wildman–Crippen LogP) is 3.85. The zero-order chi connectivity index (χ0) is 13.7. The summed E-state index contributed by atoms with van der Waals surface area (Å²) in [6, 6.07) is 8.43. The highest BCUT2D eigenvalue weighted by Gasteiger charge is 2.15. The highest BCUT2D eigenvalue weighted by molar-refractivity contribution is 9.10. The number of aliphatic hydroxyl groups excluding tert-OH is 1. The second kappa shape index (κ2) is 7.27. The van der Waals surface area contributed by atoms with E-state index in [0.29, 0.717) is 12.0 Å². The molecule has 0 bridgehead atoms. The van der Waals surface area contributed by atoms with Crippen molar-refractivity contribution in [3.05, 3.63) is 34.3 Å². The summed E-state index contributed by atoms with van der Waals surface area (Å²) < 4.78 is 1.05. The van der Waals surface area contributed by atoms with Gasteiger partial charge in [-0.1, -0.05) is 41.9 Å². The molecule has 3 heteroatoms. The van der Waals surface area contributed by atoms with Crippen molar-refractivity contribution in [2.75, 3.05) is 13.6 Å². The van der Waals surface area contributed by atoms with E-state index in [9.17, 15) is 5.11 Å². The van der Waals surface area contributed by atoms with E-state index >= 15 is 0 Å². The average Bonchev–Trinajstić information content (AvgIpc) is 2.35. The molecule has 0 spiro atoms. The number of aliphatic hydroxyl groups is 1. The Balaban J connectivity index is 2.46. The molecule has 1 rings (SSSR count). The Morgan fingerprint density at radius 2 is 1.72 bits per heavy atom. The van der Waals surface area contributed by atoms with Gasteiger partial charge in [0.1, 0.15) is 0 Å². The molecule has 0 saturated carbocycles. The van der Waals surface area contributed by atoms with Crippen LogP contribution < -0.4 is 0 Å². The van der Waals surface area contributed by atoms with Gasteiger partial charge in [0.05, 0.1) is 6.10 Å². The number of hydrogen-bond donors (Lipinski definition) is 1. The van der Waals surface area contributed by atoms with Crippen LogP contribution in [0.4, 0.5) is 0 Å². The fourth-order valence-corrected chi connectivity index (χ4v) is 2.15. The summed E-state index contributed by atoms with van der Waals surface area (Å²) in [6.07, 6.45) is 0.398. The van der Waals surface area contributed by atoms with Crippen molar-refractivity contribution in [3.63, 3.8) is 0 Å². The van der Waals surface area contributed by atoms with Crippen LogP contribution in [0.15, 0.2) is 28.7 Å². The van der Waals surface area contributed by atoms with Gasteiger partial charge in [0.2, 0.25) is 0 Å². The fraction of sp³-hybridized carbons (Fsp3) is 0.600. The van der Waals surface area contributed by atoms with Crippen LogP contribution in [-0.4, -0.2) is 29.6 Å². The Bertz CT molecular complexity index is 350. The van der Waals surface area contributed by atoms with Crippen molar-refractivity contribution < 1.29 is 5.11 Å². The van der Waals surface area contributed by atoms with E-state index in [1.54, 1.807) is 0 Å². The first-order chi connectivity index (χ1) is 8.41. The maximum absolute atomic E-state index is 10.1. The summed E-state index contributed by atoms with van der Waals surface area (Å²) in [4.78, 5) is 2.31. The minimum Gasteiger partial charge on any atom is -0.388 e. The summed E-state index contributed by atoms with van der Waals surface area (Å²) in [7, 11) is 2.12. The molecular formula is C15H24BrNO. The molecule has 2 atom stereocenters. The molecule has 2 nitrogen and oxygen atoms in total. The lowest BCUT2D eigenvalue weighted by molar-refractivity contribution is 0.129. The van der Waals surface area contributed by atoms with Crippen molar-refractivity contribution in [1.82, 2.24) is 4.90 Å². The lowest BCUT2D eigenvalue weighted by Gasteiger charge is -2.28. The van der Waals surface area contributed by atoms with Crippen molar-refractivity contribution in [2.45, 2.75) is 39.3 Å². The molecule has 18 heavy (non-hydrogen) atoms. The Morgan fingerprint density at radius 1 is 1.17 bits per heavy atom. The Labute approximate surface area is 119 Å². The Morgan fingerprint density at radius 3 is 2.22 bits per heavy atom. The second-order valence-electron chi connectivity index (χ2n) is 5.32. The molecule has 102 valence electrons. The van der Waals surface area contributed by atoms with Gasteiger partial charge < -0.3 is 10.0 Å². The number of benzene rings is 1. The summed E-state index contributed by atoms with van der Waals surface area (Å²) in [5.41, 5.74) is 0.990. The normalized spacial score (nSPS) is 15.1. The minimum atomic E-state index is -0.375. The topological polar surface area (TPSA) is 23.5 Å². The number of rotatable bonds is 6. The van der Waals surface area contributed by atoms with Gasteiger partial charge in [-0.05, 0) is 44.0 Å². The van der Waals surface area contributed by atoms with Gasteiger partial charge in [0, 0.05) is 17.1 Å². The molecule has 0 saturated heterocycles. The van der Waals surface area contributed by atoms with Crippen molar-refractivity contribution in [1.29, 1.82) is 0 Å². The molecule has 1 N–H and O–H groups in total. The molecule has 0 amide bonds. The van der Waals surface area contributed by atoms with Gasteiger partial charge in [0.25, 0.3) is 0 Å². The van der Waals surface area contributed by atoms with Crippen LogP contribution in [0.5, 0.6) is 0 Å². The molecule has 0 heterocycles. The molecule has 0 aliphatic carbocycles. The Hall–Kier alpha value is -0.380. The van der Waals surface area contributed by atoms with Crippen LogP contribution in [0.2, 0.25) is 0 Å². The second-order valence-corrected chi connectivity index (χ2v) is 6.24. The van der Waals surface area contributed by atoms with Crippen LogP contribution in [0.25, 0.3) is 0 Å². The monoisotopic (exact) mass is 313 g/mol. The summed E-state index contributed by atoms with van der Waals surface area (Å²) in [6.45, 7) is 7.60. The van der Waals surface area contributed by atoms with E-state index < -0.39 is 0 Å². The quantitative estimate of drug-likeness (QED) is 0.862. The van der Waals surface area contributed by atoms with E-state index in [-0.39, 0.29) is 6.10 Å². The third kappa shape index (κ3) is 4.71. The third-order valence-electron chi connectivity index (χ3n) is 3.67. The van der Waals surface area contributed by atoms with Crippen LogP contribution in [0.3, 0.4) is 0 Å². The van der Waals surface area contributed by atoms with Crippen LogP contribution in [0, 0.1) is 5.92 Å². The van der Waals surface area contributed by atoms with Gasteiger partial charge >= 0.3 is 0 Å². The predicted molar refractivity (Wildman–Crippen MR) is 80.6 cm³/mol. The first kappa shape index (κ1) is 15.7. The highest BCUT2D eigenvalue weighted by atomic mass is 79.9. The maximum Gasteiger partial charge on any atom is 0.0802 e. The first-order valence-corrected chi connectivity index (χ1v) is 7.35. The van der Waals surface area contributed by atoms with Gasteiger partial charge in [-0.3, -0.25) is 0 Å². The smallest absolute Gasteiger partial charge is 0.0802 e. The summed E-state index contributed by atoms with van der Waals surface area (Å²) in [5, 5.41) is 10.1. The van der Waals surface area contributed by atoms with Gasteiger partial charge in [-0.15, -0.1) is 0 Å². The van der Waals surface area contributed by atoms with Gasteiger partial charge in [0.15, 0.2) is 0 Å². The van der Waals surface area contributed by atoms with Crippen LogP contribution in [0.1, 0.15) is 38.9 Å². The standard InChI is InChI=1S/C15H24BrNO/c1-11(2)12(3)17(4)10-9-15(18)13-5-7-14(16)8-6-13/h5-8,11-12,15,18H,9-10H2,1-4H3. The zero-order valence-electron chi connectivity index (χ0n) is 11.7. The number of hydrogen-bond acceptors (Lipinski definition) is 2. The van der Waals surface area contributed by atoms with Crippen LogP contribution >= 0.6 is 15.9 Å². The van der Waals surface area contributed by atoms with E-state index in [2.05, 4.69) is 48.6 Å². The average molecular weight is 314 g/mol. The molecule has 0 radical (unpaired) electrons. The number of halogens is 1. The first-order valence-electron chi connectivity index (χ1n) is 6.55. The SMILES string of the molecule is CC(C)C(C)N(C)CCC(O)c1ccc(Br)cc1. The summed E-state index contributed by atoms with van der Waals surface area (Å²) >= 11 is 3.40. The van der Waals surface area contributed by atoms with Gasteiger partial charge in [-0.25, -0.2) is 0 Å². The van der Waals surface area contributed by atoms with Gasteiger partial charge in [-0.2, -0.15) is 0 Å². The molecular weight excluding hydrogens is 290 g/mol. The third-order valence-corrected chi connectivity index (χ3v) is 4.20. The molecule has 1 aromatic carbocycles. The Kier molecular flexibility index (Phi) is 6.33. The fourth-order valence-electron chi connectivity index (χ4n) is 1.89. The molecule has 0 aliphatic rings. The van der Waals surface area contributed by atoms with Crippen molar-refractivity contribution in [3.8, 4) is 0 Å².